The summed E-state index contributed by atoms with van der Waals surface area (Å²) in [5.74, 6) is 1.32. The number of nitrogens with zero attached hydrogens (tertiary/aromatic N) is 5. The third kappa shape index (κ3) is 2.92. The van der Waals surface area contributed by atoms with Gasteiger partial charge in [-0.25, -0.2) is 4.68 Å². The van der Waals surface area contributed by atoms with Crippen molar-refractivity contribution in [1.29, 1.82) is 0 Å². The SMILES string of the molecule is C[C@]1(N2CCC(c3cc4c(cnn4-c4cnn(C56CC(C5)C6)c4)cc3Cl)CC2)COC[C@H]1O. The zero-order valence-corrected chi connectivity index (χ0v) is 19.7. The molecule has 3 aromatic rings. The predicted molar refractivity (Wildman–Crippen MR) is 126 cm³/mol. The highest BCUT2D eigenvalue weighted by Gasteiger charge is 2.58. The van der Waals surface area contributed by atoms with Gasteiger partial charge in [-0.2, -0.15) is 10.2 Å². The lowest BCUT2D eigenvalue weighted by molar-refractivity contribution is -0.0977. The van der Waals surface area contributed by atoms with Gasteiger partial charge in [0.25, 0.3) is 0 Å². The summed E-state index contributed by atoms with van der Waals surface area (Å²) in [4.78, 5) is 2.40. The van der Waals surface area contributed by atoms with Gasteiger partial charge in [0, 0.05) is 10.4 Å². The molecule has 3 saturated carbocycles. The van der Waals surface area contributed by atoms with Crippen molar-refractivity contribution in [3.63, 3.8) is 0 Å². The van der Waals surface area contributed by atoms with Crippen LogP contribution in [0.15, 0.2) is 30.7 Å². The third-order valence-electron chi connectivity index (χ3n) is 9.04. The quantitative estimate of drug-likeness (QED) is 0.633. The average molecular weight is 468 g/mol. The number of aromatic nitrogens is 4. The van der Waals surface area contributed by atoms with Gasteiger partial charge in [0.15, 0.2) is 0 Å². The number of halogens is 1. The van der Waals surface area contributed by atoms with Gasteiger partial charge in [0.05, 0.1) is 54.5 Å². The predicted octanol–water partition coefficient (Wildman–Crippen LogP) is 3.71. The topological polar surface area (TPSA) is 68.3 Å². The van der Waals surface area contributed by atoms with Gasteiger partial charge in [-0.3, -0.25) is 9.58 Å². The number of benzene rings is 1. The fourth-order valence-electron chi connectivity index (χ4n) is 6.63. The molecular weight excluding hydrogens is 438 g/mol. The van der Waals surface area contributed by atoms with Crippen molar-refractivity contribution in [1.82, 2.24) is 24.5 Å². The fourth-order valence-corrected chi connectivity index (χ4v) is 6.96. The molecule has 5 aliphatic rings. The van der Waals surface area contributed by atoms with E-state index in [2.05, 4.69) is 39.9 Å². The van der Waals surface area contributed by atoms with E-state index in [1.54, 1.807) is 0 Å². The maximum Gasteiger partial charge on any atom is 0.103 e. The number of ether oxygens (including phenoxy) is 1. The highest BCUT2D eigenvalue weighted by atomic mass is 35.5. The van der Waals surface area contributed by atoms with E-state index in [0.29, 0.717) is 19.1 Å². The Morgan fingerprint density at radius 3 is 2.58 bits per heavy atom. The minimum absolute atomic E-state index is 0.280. The molecule has 2 aliphatic heterocycles. The van der Waals surface area contributed by atoms with Crippen LogP contribution in [0.3, 0.4) is 0 Å². The Kier molecular flexibility index (Phi) is 4.36. The second kappa shape index (κ2) is 7.04. The lowest BCUT2D eigenvalue weighted by Gasteiger charge is -2.61. The molecule has 33 heavy (non-hydrogen) atoms. The van der Waals surface area contributed by atoms with Gasteiger partial charge in [-0.05, 0) is 81.6 Å². The Hall–Kier alpha value is -1.93. The molecule has 0 unspecified atom stereocenters. The highest BCUT2D eigenvalue weighted by Crippen LogP contribution is 2.62. The van der Waals surface area contributed by atoms with Crippen LogP contribution >= 0.6 is 11.6 Å². The molecule has 1 N–H and O–H groups in total. The third-order valence-corrected chi connectivity index (χ3v) is 9.36. The summed E-state index contributed by atoms with van der Waals surface area (Å²) >= 11 is 6.77. The number of aliphatic hydroxyl groups is 1. The molecule has 1 aromatic carbocycles. The Morgan fingerprint density at radius 2 is 1.91 bits per heavy atom. The number of fused-ring (bicyclic) bond motifs is 1. The van der Waals surface area contributed by atoms with Crippen LogP contribution in [0, 0.1) is 5.92 Å². The largest absolute Gasteiger partial charge is 0.389 e. The Balaban J connectivity index is 1.16. The van der Waals surface area contributed by atoms with E-state index >= 15 is 0 Å². The maximum absolute atomic E-state index is 10.4. The Labute approximate surface area is 198 Å². The number of hydrogen-bond donors (Lipinski definition) is 1. The normalized spacial score (nSPS) is 34.5. The molecular formula is C25H30ClN5O2. The molecule has 0 spiro atoms. The van der Waals surface area contributed by atoms with Crippen LogP contribution in [0.2, 0.25) is 5.02 Å². The van der Waals surface area contributed by atoms with Gasteiger partial charge in [-0.15, -0.1) is 0 Å². The lowest BCUT2D eigenvalue weighted by atomic mass is 9.50. The summed E-state index contributed by atoms with van der Waals surface area (Å²) < 4.78 is 9.73. The average Bonchev–Trinajstić information content (AvgIpc) is 3.45. The molecule has 2 saturated heterocycles. The summed E-state index contributed by atoms with van der Waals surface area (Å²) in [7, 11) is 0. The van der Waals surface area contributed by atoms with Crippen LogP contribution in [0.5, 0.6) is 0 Å². The van der Waals surface area contributed by atoms with Gasteiger partial charge >= 0.3 is 0 Å². The molecule has 8 rings (SSSR count). The van der Waals surface area contributed by atoms with Crippen LogP contribution in [0.4, 0.5) is 0 Å². The van der Waals surface area contributed by atoms with E-state index in [1.165, 1.54) is 24.8 Å². The number of piperidine rings is 1. The summed E-state index contributed by atoms with van der Waals surface area (Å²) in [5.41, 5.74) is 3.30. The van der Waals surface area contributed by atoms with Crippen molar-refractivity contribution >= 4 is 22.5 Å². The molecule has 2 bridgehead atoms. The minimum atomic E-state index is -0.422. The van der Waals surface area contributed by atoms with Gasteiger partial charge < -0.3 is 9.84 Å². The second-order valence-electron chi connectivity index (χ2n) is 11.0. The van der Waals surface area contributed by atoms with E-state index in [1.807, 2.05) is 17.1 Å². The van der Waals surface area contributed by atoms with Crippen molar-refractivity contribution in [2.75, 3.05) is 26.3 Å². The van der Waals surface area contributed by atoms with Crippen LogP contribution in [0.25, 0.3) is 16.6 Å². The molecule has 3 aliphatic carbocycles. The minimum Gasteiger partial charge on any atom is -0.389 e. The smallest absolute Gasteiger partial charge is 0.103 e. The van der Waals surface area contributed by atoms with E-state index in [-0.39, 0.29) is 11.1 Å². The van der Waals surface area contributed by atoms with Crippen molar-refractivity contribution in [2.45, 2.75) is 62.1 Å². The van der Waals surface area contributed by atoms with Gasteiger partial charge in [-0.1, -0.05) is 11.6 Å². The number of rotatable bonds is 4. The summed E-state index contributed by atoms with van der Waals surface area (Å²) in [6, 6.07) is 4.29. The molecule has 8 heteroatoms. The highest BCUT2D eigenvalue weighted by molar-refractivity contribution is 6.32. The van der Waals surface area contributed by atoms with E-state index in [9.17, 15) is 5.11 Å². The van der Waals surface area contributed by atoms with Crippen LogP contribution in [-0.2, 0) is 10.3 Å². The zero-order valence-electron chi connectivity index (χ0n) is 19.0. The van der Waals surface area contributed by atoms with Crippen molar-refractivity contribution in [3.8, 4) is 5.69 Å². The number of aliphatic hydroxyl groups excluding tert-OH is 1. The van der Waals surface area contributed by atoms with Crippen molar-refractivity contribution in [3.05, 3.63) is 41.3 Å². The zero-order chi connectivity index (χ0) is 22.4. The van der Waals surface area contributed by atoms with Crippen molar-refractivity contribution < 1.29 is 9.84 Å². The first kappa shape index (κ1) is 20.4. The number of hydrogen-bond acceptors (Lipinski definition) is 5. The summed E-state index contributed by atoms with van der Waals surface area (Å²) in [6.45, 7) is 5.02. The van der Waals surface area contributed by atoms with E-state index in [0.717, 1.165) is 53.5 Å². The summed E-state index contributed by atoms with van der Waals surface area (Å²) in [5, 5.41) is 21.7. The Morgan fingerprint density at radius 1 is 1.12 bits per heavy atom. The molecule has 174 valence electrons. The first-order valence-corrected chi connectivity index (χ1v) is 12.6. The van der Waals surface area contributed by atoms with Crippen LogP contribution in [0.1, 0.15) is 50.5 Å². The lowest BCUT2D eigenvalue weighted by Crippen LogP contribution is -2.59. The first-order valence-electron chi connectivity index (χ1n) is 12.2. The fraction of sp³-hybridized carbons (Fsp3) is 0.600. The molecule has 4 heterocycles. The van der Waals surface area contributed by atoms with Gasteiger partial charge in [0.2, 0.25) is 0 Å². The van der Waals surface area contributed by atoms with Crippen molar-refractivity contribution in [2.24, 2.45) is 5.92 Å². The second-order valence-corrected chi connectivity index (χ2v) is 11.4. The summed E-state index contributed by atoms with van der Waals surface area (Å²) in [6.07, 6.45) is 11.4. The monoisotopic (exact) mass is 467 g/mol. The molecule has 2 atom stereocenters. The van der Waals surface area contributed by atoms with E-state index in [4.69, 9.17) is 21.4 Å². The molecule has 0 amide bonds. The number of likely N-dealkylation sites (tertiary alicyclic amines) is 1. The van der Waals surface area contributed by atoms with Gasteiger partial charge in [0.1, 0.15) is 5.69 Å². The van der Waals surface area contributed by atoms with E-state index < -0.39 is 6.10 Å². The molecule has 2 aromatic heterocycles. The molecule has 5 fully saturated rings. The maximum atomic E-state index is 10.4. The van der Waals surface area contributed by atoms with Crippen LogP contribution in [-0.4, -0.2) is 67.5 Å². The first-order chi connectivity index (χ1) is 16.0. The Bertz CT molecular complexity index is 1210. The standard InChI is InChI=1S/C25H30ClN5O2/c1-24(15-33-14-23(24)32)29-4-2-17(3-5-29)20-7-22-18(6-21(20)26)11-28-31(22)19-12-27-30(13-19)25-8-16(9-25)10-25/h6-7,11-13,16-17,23,32H,2-5,8-10,14-15H2,1H3/t16?,23-,24+,25?/m1/s1. The van der Waals surface area contributed by atoms with Crippen LogP contribution < -0.4 is 0 Å². The molecule has 0 radical (unpaired) electrons. The molecule has 7 nitrogen and oxygen atoms in total.